The van der Waals surface area contributed by atoms with Crippen LogP contribution in [-0.4, -0.2) is 66.1 Å². The third-order valence-corrected chi connectivity index (χ3v) is 7.11. The number of nitrogens with zero attached hydrogens (tertiary/aromatic N) is 4. The number of carbonyl (C=O) groups excluding carboxylic acids is 1. The van der Waals surface area contributed by atoms with E-state index in [1.54, 1.807) is 13.3 Å². The number of likely N-dealkylation sites (N-methyl/N-ethyl adjacent to an activating group) is 1. The van der Waals surface area contributed by atoms with Crippen LogP contribution in [0.5, 0.6) is 5.75 Å². The number of carbonyl (C=O) groups is 1. The topological polar surface area (TPSA) is 98.4 Å². The van der Waals surface area contributed by atoms with Crippen molar-refractivity contribution in [3.63, 3.8) is 0 Å². The van der Waals surface area contributed by atoms with Gasteiger partial charge in [0.2, 0.25) is 11.9 Å². The number of nitrogens with one attached hydrogen (secondary N) is 3. The molecule has 5 rings (SSSR count). The molecule has 0 saturated carbocycles. The van der Waals surface area contributed by atoms with Crippen LogP contribution in [0.3, 0.4) is 0 Å². The summed E-state index contributed by atoms with van der Waals surface area (Å²) < 4.78 is 5.74. The molecule has 0 aliphatic carbocycles. The van der Waals surface area contributed by atoms with Gasteiger partial charge in [0.15, 0.2) is 0 Å². The summed E-state index contributed by atoms with van der Waals surface area (Å²) in [6, 6.07) is 12.1. The summed E-state index contributed by atoms with van der Waals surface area (Å²) in [7, 11) is 5.77. The second kappa shape index (κ2) is 10.7. The minimum atomic E-state index is -0.296. The lowest BCUT2D eigenvalue weighted by molar-refractivity contribution is -0.111. The number of halogens is 1. The maximum absolute atomic E-state index is 12.3. The highest BCUT2D eigenvalue weighted by atomic mass is 35.5. The second-order valence-corrected chi connectivity index (χ2v) is 9.79. The van der Waals surface area contributed by atoms with Crippen molar-refractivity contribution in [2.45, 2.75) is 12.5 Å². The van der Waals surface area contributed by atoms with Gasteiger partial charge >= 0.3 is 0 Å². The fourth-order valence-electron chi connectivity index (χ4n) is 4.77. The minimum Gasteiger partial charge on any atom is -0.494 e. The smallest absolute Gasteiger partial charge is 0.247 e. The predicted molar refractivity (Wildman–Crippen MR) is 154 cm³/mol. The largest absolute Gasteiger partial charge is 0.494 e. The number of para-hydroxylation sites is 1. The van der Waals surface area contributed by atoms with Gasteiger partial charge in [-0.05, 0) is 38.7 Å². The van der Waals surface area contributed by atoms with Gasteiger partial charge in [-0.2, -0.15) is 0 Å². The average Bonchev–Trinajstić information content (AvgIpc) is 3.58. The summed E-state index contributed by atoms with van der Waals surface area (Å²) in [6.45, 7) is 5.31. The first kappa shape index (κ1) is 25.6. The molecular formula is C28H30ClN7O2. The fraction of sp³-hybridized carbons (Fsp3) is 0.250. The number of rotatable bonds is 8. The van der Waals surface area contributed by atoms with Crippen molar-refractivity contribution in [3.05, 3.63) is 66.5 Å². The van der Waals surface area contributed by atoms with Crippen molar-refractivity contribution in [1.29, 1.82) is 0 Å². The molecule has 2 aromatic heterocycles. The number of anilines is 4. The van der Waals surface area contributed by atoms with Crippen molar-refractivity contribution in [2.75, 3.05) is 49.8 Å². The summed E-state index contributed by atoms with van der Waals surface area (Å²) in [5, 5.41) is 7.65. The maximum Gasteiger partial charge on any atom is 0.247 e. The fourth-order valence-corrected chi connectivity index (χ4v) is 4.96. The molecule has 0 radical (unpaired) electrons. The molecule has 1 aliphatic rings. The van der Waals surface area contributed by atoms with Crippen molar-refractivity contribution >= 4 is 51.4 Å². The lowest BCUT2D eigenvalue weighted by Crippen LogP contribution is -2.31. The average molecular weight is 532 g/mol. The van der Waals surface area contributed by atoms with E-state index in [9.17, 15) is 4.79 Å². The monoisotopic (exact) mass is 531 g/mol. The molecule has 9 nitrogen and oxygen atoms in total. The standard InChI is InChI=1S/C28H30ClN7O2/c1-5-26(37)32-22-12-23(25(38-4)13-24(22)36-11-10-17(16-36)35(2)3)33-28-31-15-20(29)27(34-28)19-14-30-21-9-7-6-8-18(19)21/h5-9,12-15,17,30H,1,10-11,16H2,2-4H3,(H,32,37)(H,31,33,34)/t17-/m1/s1. The Morgan fingerprint density at radius 1 is 1.29 bits per heavy atom. The Balaban J connectivity index is 1.52. The number of hydrogen-bond donors (Lipinski definition) is 3. The molecule has 10 heteroatoms. The summed E-state index contributed by atoms with van der Waals surface area (Å²) >= 11 is 6.52. The lowest BCUT2D eigenvalue weighted by atomic mass is 10.1. The lowest BCUT2D eigenvalue weighted by Gasteiger charge is -2.25. The summed E-state index contributed by atoms with van der Waals surface area (Å²) in [4.78, 5) is 29.2. The van der Waals surface area contributed by atoms with Gasteiger partial charge < -0.3 is 30.2 Å². The SMILES string of the molecule is C=CC(=O)Nc1cc(Nc2ncc(Cl)c(-c3c[nH]c4ccccc34)n2)c(OC)cc1N1CC[C@@H](N(C)C)C1. The molecule has 1 aliphatic heterocycles. The van der Waals surface area contributed by atoms with E-state index in [1.165, 1.54) is 6.08 Å². The van der Waals surface area contributed by atoms with E-state index in [-0.39, 0.29) is 5.91 Å². The molecule has 4 aromatic rings. The molecule has 0 spiro atoms. The van der Waals surface area contributed by atoms with Crippen molar-refractivity contribution in [2.24, 2.45) is 0 Å². The molecule has 3 heterocycles. The van der Waals surface area contributed by atoms with Crippen LogP contribution in [0.4, 0.5) is 23.0 Å². The molecular weight excluding hydrogens is 502 g/mol. The zero-order chi connectivity index (χ0) is 26.8. The highest BCUT2D eigenvalue weighted by Gasteiger charge is 2.27. The summed E-state index contributed by atoms with van der Waals surface area (Å²) in [5.74, 6) is 0.641. The number of ether oxygens (including phenoxy) is 1. The number of hydrogen-bond acceptors (Lipinski definition) is 7. The first-order valence-corrected chi connectivity index (χ1v) is 12.7. The maximum atomic E-state index is 12.3. The highest BCUT2D eigenvalue weighted by molar-refractivity contribution is 6.33. The second-order valence-electron chi connectivity index (χ2n) is 9.38. The summed E-state index contributed by atoms with van der Waals surface area (Å²) in [6.07, 6.45) is 5.74. The van der Waals surface area contributed by atoms with E-state index in [2.05, 4.69) is 51.1 Å². The van der Waals surface area contributed by atoms with E-state index in [0.717, 1.165) is 41.7 Å². The number of benzene rings is 2. The Morgan fingerprint density at radius 3 is 2.84 bits per heavy atom. The van der Waals surface area contributed by atoms with Crippen LogP contribution in [-0.2, 0) is 4.79 Å². The van der Waals surface area contributed by atoms with E-state index in [4.69, 9.17) is 21.3 Å². The highest BCUT2D eigenvalue weighted by Crippen LogP contribution is 2.40. The summed E-state index contributed by atoms with van der Waals surface area (Å²) in [5.41, 5.74) is 4.59. The number of aromatic nitrogens is 3. The zero-order valence-corrected chi connectivity index (χ0v) is 22.3. The minimum absolute atomic E-state index is 0.296. The van der Waals surface area contributed by atoms with Gasteiger partial charge in [0.1, 0.15) is 5.75 Å². The first-order valence-electron chi connectivity index (χ1n) is 12.3. The molecule has 1 saturated heterocycles. The number of aromatic amines is 1. The van der Waals surface area contributed by atoms with Gasteiger partial charge in [-0.3, -0.25) is 4.79 Å². The molecule has 0 bridgehead atoms. The zero-order valence-electron chi connectivity index (χ0n) is 21.6. The van der Waals surface area contributed by atoms with Crippen LogP contribution in [0.25, 0.3) is 22.2 Å². The number of H-pyrrole nitrogens is 1. The van der Waals surface area contributed by atoms with E-state index in [1.807, 2.05) is 42.6 Å². The van der Waals surface area contributed by atoms with Crippen LogP contribution in [0.2, 0.25) is 5.02 Å². The van der Waals surface area contributed by atoms with Crippen LogP contribution in [0.1, 0.15) is 6.42 Å². The van der Waals surface area contributed by atoms with Gasteiger partial charge in [0.25, 0.3) is 0 Å². The van der Waals surface area contributed by atoms with Gasteiger partial charge in [0.05, 0.1) is 41.1 Å². The first-order chi connectivity index (χ1) is 18.4. The van der Waals surface area contributed by atoms with E-state index in [0.29, 0.717) is 39.8 Å². The van der Waals surface area contributed by atoms with Crippen molar-refractivity contribution in [3.8, 4) is 17.0 Å². The Kier molecular flexibility index (Phi) is 7.22. The van der Waals surface area contributed by atoms with Gasteiger partial charge in [-0.1, -0.05) is 36.4 Å². The predicted octanol–water partition coefficient (Wildman–Crippen LogP) is 5.30. The van der Waals surface area contributed by atoms with Crippen LogP contribution >= 0.6 is 11.6 Å². The van der Waals surface area contributed by atoms with Crippen LogP contribution in [0.15, 0.2) is 61.4 Å². The van der Waals surface area contributed by atoms with Crippen molar-refractivity contribution < 1.29 is 9.53 Å². The van der Waals surface area contributed by atoms with Crippen LogP contribution < -0.4 is 20.3 Å². The third kappa shape index (κ3) is 5.03. The number of amides is 1. The number of fused-ring (bicyclic) bond motifs is 1. The van der Waals surface area contributed by atoms with Gasteiger partial charge in [0, 0.05) is 47.9 Å². The van der Waals surface area contributed by atoms with Crippen molar-refractivity contribution in [1.82, 2.24) is 19.9 Å². The molecule has 0 unspecified atom stereocenters. The van der Waals surface area contributed by atoms with E-state index >= 15 is 0 Å². The molecule has 3 N–H and O–H groups in total. The molecule has 1 fully saturated rings. The molecule has 2 aromatic carbocycles. The Hall–Kier alpha value is -4.08. The number of methoxy groups -OCH3 is 1. The molecule has 196 valence electrons. The molecule has 1 amide bonds. The Bertz CT molecular complexity index is 1500. The Morgan fingerprint density at radius 2 is 2.11 bits per heavy atom. The van der Waals surface area contributed by atoms with Crippen LogP contribution in [0, 0.1) is 0 Å². The molecule has 1 atom stereocenters. The Labute approximate surface area is 226 Å². The van der Waals surface area contributed by atoms with Gasteiger partial charge in [-0.15, -0.1) is 0 Å². The molecule has 38 heavy (non-hydrogen) atoms. The van der Waals surface area contributed by atoms with E-state index < -0.39 is 0 Å². The quantitative estimate of drug-likeness (QED) is 0.265. The normalized spacial score (nSPS) is 15.2. The van der Waals surface area contributed by atoms with Gasteiger partial charge in [-0.25, -0.2) is 9.97 Å². The third-order valence-electron chi connectivity index (χ3n) is 6.83.